The van der Waals surface area contributed by atoms with E-state index in [4.69, 9.17) is 11.6 Å². The third-order valence-electron chi connectivity index (χ3n) is 3.13. The molecule has 0 amide bonds. The molecule has 4 heteroatoms. The van der Waals surface area contributed by atoms with Gasteiger partial charge in [0.1, 0.15) is 0 Å². The standard InChI is InChI=1S/C13H8BrClF2/c14-7-1-3-9-10-4-2-8(15)6-12(10)13(16,17)11(9)5-7/h1,3-6,8H,2H2. The van der Waals surface area contributed by atoms with Gasteiger partial charge in [-0.05, 0) is 29.7 Å². The van der Waals surface area contributed by atoms with E-state index >= 15 is 0 Å². The van der Waals surface area contributed by atoms with Crippen LogP contribution in [0.5, 0.6) is 0 Å². The minimum absolute atomic E-state index is 0.0526. The zero-order valence-corrected chi connectivity index (χ0v) is 11.0. The van der Waals surface area contributed by atoms with Crippen molar-refractivity contribution < 1.29 is 8.78 Å². The number of halogens is 4. The summed E-state index contributed by atoms with van der Waals surface area (Å²) in [6.45, 7) is 0. The molecule has 3 rings (SSSR count). The van der Waals surface area contributed by atoms with Gasteiger partial charge in [0.05, 0.1) is 5.38 Å². The van der Waals surface area contributed by atoms with E-state index in [1.807, 2.05) is 0 Å². The average Bonchev–Trinajstić information content (AvgIpc) is 2.49. The first-order valence-corrected chi connectivity index (χ1v) is 6.48. The number of allylic oxidation sites excluding steroid dienone is 4. The van der Waals surface area contributed by atoms with Crippen molar-refractivity contribution in [3.63, 3.8) is 0 Å². The summed E-state index contributed by atoms with van der Waals surface area (Å²) in [5.41, 5.74) is 1.37. The van der Waals surface area contributed by atoms with Crippen molar-refractivity contribution in [1.82, 2.24) is 0 Å². The molecular formula is C13H8BrClF2. The molecule has 0 spiro atoms. The normalized spacial score (nSPS) is 24.8. The summed E-state index contributed by atoms with van der Waals surface area (Å²) in [5.74, 6) is -2.93. The number of benzene rings is 1. The highest BCUT2D eigenvalue weighted by molar-refractivity contribution is 9.10. The minimum Gasteiger partial charge on any atom is -0.196 e. The molecule has 88 valence electrons. The molecule has 0 radical (unpaired) electrons. The summed E-state index contributed by atoms with van der Waals surface area (Å²) >= 11 is 9.15. The smallest absolute Gasteiger partial charge is 0.196 e. The predicted molar refractivity (Wildman–Crippen MR) is 68.4 cm³/mol. The van der Waals surface area contributed by atoms with E-state index in [1.165, 1.54) is 12.1 Å². The van der Waals surface area contributed by atoms with Crippen LogP contribution in [0.3, 0.4) is 0 Å². The summed E-state index contributed by atoms with van der Waals surface area (Å²) in [5, 5.41) is -0.336. The number of alkyl halides is 3. The second-order valence-corrected chi connectivity index (χ2v) is 5.69. The maximum absolute atomic E-state index is 14.2. The fourth-order valence-electron chi connectivity index (χ4n) is 2.36. The van der Waals surface area contributed by atoms with E-state index < -0.39 is 5.92 Å². The topological polar surface area (TPSA) is 0 Å². The van der Waals surface area contributed by atoms with Crippen molar-refractivity contribution >= 4 is 33.1 Å². The Morgan fingerprint density at radius 2 is 2.12 bits per heavy atom. The molecule has 1 aromatic rings. The molecular weight excluding hydrogens is 309 g/mol. The second-order valence-electron chi connectivity index (χ2n) is 4.21. The summed E-state index contributed by atoms with van der Waals surface area (Å²) in [4.78, 5) is 0. The van der Waals surface area contributed by atoms with Gasteiger partial charge in [0.2, 0.25) is 0 Å². The summed E-state index contributed by atoms with van der Waals surface area (Å²) in [6.07, 6.45) is 3.89. The summed E-state index contributed by atoms with van der Waals surface area (Å²) < 4.78 is 29.1. The van der Waals surface area contributed by atoms with Crippen LogP contribution in [0.1, 0.15) is 17.5 Å². The molecule has 2 aliphatic carbocycles. The number of rotatable bonds is 0. The van der Waals surface area contributed by atoms with Gasteiger partial charge in [0.15, 0.2) is 0 Å². The fraction of sp³-hybridized carbons (Fsp3) is 0.231. The van der Waals surface area contributed by atoms with E-state index in [-0.39, 0.29) is 16.5 Å². The Morgan fingerprint density at radius 1 is 1.35 bits per heavy atom. The van der Waals surface area contributed by atoms with E-state index in [1.54, 1.807) is 18.2 Å². The Kier molecular flexibility index (Phi) is 2.46. The largest absolute Gasteiger partial charge is 0.299 e. The molecule has 1 atom stereocenters. The van der Waals surface area contributed by atoms with Gasteiger partial charge in [0.25, 0.3) is 5.92 Å². The molecule has 0 fully saturated rings. The SMILES string of the molecule is FC1(F)C2=CC(Cl)CC=C2c2ccc(Br)cc21. The maximum Gasteiger partial charge on any atom is 0.299 e. The zero-order valence-electron chi connectivity index (χ0n) is 8.68. The molecule has 0 saturated carbocycles. The molecule has 1 aromatic carbocycles. The molecule has 1 unspecified atom stereocenters. The van der Waals surface area contributed by atoms with Crippen molar-refractivity contribution in [2.24, 2.45) is 0 Å². The van der Waals surface area contributed by atoms with Crippen molar-refractivity contribution in [2.45, 2.75) is 17.7 Å². The first-order valence-electron chi connectivity index (χ1n) is 5.25. The van der Waals surface area contributed by atoms with E-state index in [0.717, 1.165) is 0 Å². The highest BCUT2D eigenvalue weighted by Gasteiger charge is 2.47. The summed E-state index contributed by atoms with van der Waals surface area (Å²) in [6, 6.07) is 5.00. The Morgan fingerprint density at radius 3 is 2.88 bits per heavy atom. The molecule has 0 bridgehead atoms. The van der Waals surface area contributed by atoms with E-state index in [9.17, 15) is 8.78 Å². The number of hydrogen-bond donors (Lipinski definition) is 0. The van der Waals surface area contributed by atoms with Crippen molar-refractivity contribution in [3.05, 3.63) is 51.5 Å². The third-order valence-corrected chi connectivity index (χ3v) is 3.93. The lowest BCUT2D eigenvalue weighted by atomic mass is 9.97. The van der Waals surface area contributed by atoms with Gasteiger partial charge in [-0.2, -0.15) is 8.78 Å². The Bertz CT molecular complexity index is 561. The third kappa shape index (κ3) is 1.59. The summed E-state index contributed by atoms with van der Waals surface area (Å²) in [7, 11) is 0. The average molecular weight is 318 g/mol. The molecule has 0 aromatic heterocycles. The van der Waals surface area contributed by atoms with E-state index in [2.05, 4.69) is 15.9 Å². The molecule has 0 N–H and O–H groups in total. The zero-order chi connectivity index (χ0) is 12.2. The molecule has 0 heterocycles. The molecule has 0 nitrogen and oxygen atoms in total. The highest BCUT2D eigenvalue weighted by atomic mass is 79.9. The van der Waals surface area contributed by atoms with Crippen LogP contribution in [0, 0.1) is 0 Å². The second kappa shape index (κ2) is 3.66. The van der Waals surface area contributed by atoms with Crippen molar-refractivity contribution in [3.8, 4) is 0 Å². The highest BCUT2D eigenvalue weighted by Crippen LogP contribution is 2.54. The van der Waals surface area contributed by atoms with Gasteiger partial charge in [-0.25, -0.2) is 0 Å². The van der Waals surface area contributed by atoms with Gasteiger partial charge in [-0.3, -0.25) is 0 Å². The van der Waals surface area contributed by atoms with E-state index in [0.29, 0.717) is 22.0 Å². The van der Waals surface area contributed by atoms with Gasteiger partial charge in [-0.15, -0.1) is 11.6 Å². The fourth-order valence-corrected chi connectivity index (χ4v) is 2.94. The monoisotopic (exact) mass is 316 g/mol. The van der Waals surface area contributed by atoms with Crippen LogP contribution in [-0.4, -0.2) is 5.38 Å². The number of fused-ring (bicyclic) bond motifs is 3. The van der Waals surface area contributed by atoms with Gasteiger partial charge in [0, 0.05) is 15.6 Å². The van der Waals surface area contributed by atoms with Crippen LogP contribution >= 0.6 is 27.5 Å². The van der Waals surface area contributed by atoms with Crippen LogP contribution in [0.15, 0.2) is 40.4 Å². The van der Waals surface area contributed by atoms with Crippen molar-refractivity contribution in [1.29, 1.82) is 0 Å². The van der Waals surface area contributed by atoms with Crippen LogP contribution in [0.2, 0.25) is 0 Å². The number of hydrogen-bond acceptors (Lipinski definition) is 0. The van der Waals surface area contributed by atoms with Crippen molar-refractivity contribution in [2.75, 3.05) is 0 Å². The Hall–Kier alpha value is -0.670. The van der Waals surface area contributed by atoms with Crippen LogP contribution < -0.4 is 0 Å². The quantitative estimate of drug-likeness (QED) is 0.599. The Labute approximate surface area is 111 Å². The lowest BCUT2D eigenvalue weighted by Crippen LogP contribution is -2.14. The minimum atomic E-state index is -2.93. The Balaban J connectivity index is 2.28. The van der Waals surface area contributed by atoms with Gasteiger partial charge >= 0.3 is 0 Å². The van der Waals surface area contributed by atoms with Crippen LogP contribution in [-0.2, 0) is 5.92 Å². The molecule has 0 aliphatic heterocycles. The molecule has 2 aliphatic rings. The lowest BCUT2D eigenvalue weighted by molar-refractivity contribution is 0.0473. The first-order chi connectivity index (χ1) is 8.00. The van der Waals surface area contributed by atoms with Gasteiger partial charge in [-0.1, -0.05) is 34.1 Å². The first kappa shape index (κ1) is 11.4. The lowest BCUT2D eigenvalue weighted by Gasteiger charge is -2.17. The maximum atomic E-state index is 14.2. The predicted octanol–water partition coefficient (Wildman–Crippen LogP) is 4.88. The molecule has 0 saturated heterocycles. The van der Waals surface area contributed by atoms with Crippen LogP contribution in [0.4, 0.5) is 8.78 Å². The molecule has 17 heavy (non-hydrogen) atoms. The van der Waals surface area contributed by atoms with Crippen LogP contribution in [0.25, 0.3) is 5.57 Å². The van der Waals surface area contributed by atoms with Gasteiger partial charge < -0.3 is 0 Å².